The minimum absolute atomic E-state index is 0.653. The van der Waals surface area contributed by atoms with Crippen molar-refractivity contribution in [3.63, 3.8) is 0 Å². The molecule has 0 rings (SSSR count). The lowest BCUT2D eigenvalue weighted by molar-refractivity contribution is 0.392. The van der Waals surface area contributed by atoms with Crippen molar-refractivity contribution in [2.75, 3.05) is 0 Å². The predicted octanol–water partition coefficient (Wildman–Crippen LogP) is -0.0950. The normalized spacial score (nSPS) is 13.8. The Morgan fingerprint density at radius 2 is 1.11 bits per heavy atom. The molecule has 0 aliphatic heterocycles. The van der Waals surface area contributed by atoms with Crippen LogP contribution >= 0.6 is 24.6 Å². The predicted molar refractivity (Wildman–Crippen MR) is 31.7 cm³/mol. The monoisotopic (exact) mass is 194 g/mol. The second kappa shape index (κ2) is 2.72. The van der Waals surface area contributed by atoms with Crippen LogP contribution in [0.4, 0.5) is 0 Å². The molecule has 0 amide bonds. The molecule has 6 nitrogen and oxygen atoms in total. The first-order valence-corrected chi connectivity index (χ1v) is 6.78. The fourth-order valence-corrected chi connectivity index (χ4v) is 3.74. The van der Waals surface area contributed by atoms with Gasteiger partial charge in [-0.1, -0.05) is 0 Å². The summed E-state index contributed by atoms with van der Waals surface area (Å²) in [4.78, 5) is 31.7. The van der Waals surface area contributed by atoms with E-state index in [2.05, 4.69) is 0 Å². The largest absolute Gasteiger partial charge is 0.395 e. The molecule has 0 radical (unpaired) electrons. The van der Waals surface area contributed by atoms with Gasteiger partial charge in [-0.25, -0.2) is 9.13 Å². The van der Waals surface area contributed by atoms with Crippen molar-refractivity contribution >= 4 is 24.6 Å². The Hall–Kier alpha value is 0.650. The minimum Gasteiger partial charge on any atom is -0.316 e. The van der Waals surface area contributed by atoms with Gasteiger partial charge in [0.05, 0.1) is 11.0 Å². The smallest absolute Gasteiger partial charge is 0.316 e. The molecule has 0 spiro atoms. The molecule has 9 heavy (non-hydrogen) atoms. The highest BCUT2D eigenvalue weighted by atomic mass is 33.1. The molecule has 0 fully saturated rings. The first-order chi connectivity index (χ1) is 3.71. The summed E-state index contributed by atoms with van der Waals surface area (Å²) in [6.07, 6.45) is 0. The molecule has 4 N–H and O–H groups in total. The van der Waals surface area contributed by atoms with Gasteiger partial charge in [-0.3, -0.25) is 0 Å². The Morgan fingerprint density at radius 3 is 1.11 bits per heavy atom. The van der Waals surface area contributed by atoms with E-state index in [9.17, 15) is 9.13 Å². The molecule has 0 aromatic carbocycles. The van der Waals surface area contributed by atoms with Gasteiger partial charge < -0.3 is 19.6 Å². The van der Waals surface area contributed by atoms with Crippen LogP contribution in [0.25, 0.3) is 0 Å². The molecule has 56 valence electrons. The lowest BCUT2D eigenvalue weighted by atomic mass is 15.8. The van der Waals surface area contributed by atoms with E-state index in [1.165, 1.54) is 0 Å². The summed E-state index contributed by atoms with van der Waals surface area (Å²) >= 11 is -0.653. The summed E-state index contributed by atoms with van der Waals surface area (Å²) in [6, 6.07) is 0. The fraction of sp³-hybridized carbons (Fsp3) is 0. The van der Waals surface area contributed by atoms with Crippen LogP contribution in [0, 0.1) is 0 Å². The van der Waals surface area contributed by atoms with E-state index in [1.807, 2.05) is 0 Å². The second-order valence-corrected chi connectivity index (χ2v) is 8.00. The van der Waals surface area contributed by atoms with Gasteiger partial charge in [0.1, 0.15) is 0 Å². The van der Waals surface area contributed by atoms with Gasteiger partial charge in [-0.2, -0.15) is 0 Å². The van der Waals surface area contributed by atoms with Gasteiger partial charge in [0.25, 0.3) is 0 Å². The van der Waals surface area contributed by atoms with Gasteiger partial charge >= 0.3 is 13.6 Å². The van der Waals surface area contributed by atoms with Crippen LogP contribution in [-0.4, -0.2) is 19.6 Å². The molecule has 0 bridgehead atoms. The molecule has 9 heteroatoms. The van der Waals surface area contributed by atoms with E-state index < -0.39 is 24.6 Å². The SMILES string of the molecule is O=P(O)(O)SP(=O)(O)O. The zero-order chi connectivity index (χ0) is 7.71. The summed E-state index contributed by atoms with van der Waals surface area (Å²) in [5, 5.41) is 0. The molecule has 0 aromatic rings. The summed E-state index contributed by atoms with van der Waals surface area (Å²) in [5.41, 5.74) is 0. The van der Waals surface area contributed by atoms with E-state index >= 15 is 0 Å². The Morgan fingerprint density at radius 1 is 0.889 bits per heavy atom. The third-order valence-corrected chi connectivity index (χ3v) is 5.74. The van der Waals surface area contributed by atoms with Crippen molar-refractivity contribution < 1.29 is 28.7 Å². The third-order valence-electron chi connectivity index (χ3n) is 0.213. The Balaban J connectivity index is 4.07. The number of hydrogen-bond acceptors (Lipinski definition) is 3. The lowest BCUT2D eigenvalue weighted by Crippen LogP contribution is -1.71. The van der Waals surface area contributed by atoms with Crippen molar-refractivity contribution in [2.45, 2.75) is 0 Å². The second-order valence-electron chi connectivity index (χ2n) is 1.06. The standard InChI is InChI=1S/H4O6P2S/c1-7(2,3)9-8(4,5)6/h(H2,1,2,3)(H2,4,5,6). The lowest BCUT2D eigenvalue weighted by Gasteiger charge is -2.01. The zero-order valence-corrected chi connectivity index (χ0v) is 6.51. The van der Waals surface area contributed by atoms with E-state index in [0.29, 0.717) is 0 Å². The maximum absolute atomic E-state index is 9.81. The number of hydrogen-bond donors (Lipinski definition) is 4. The molecule has 0 aliphatic carbocycles. The van der Waals surface area contributed by atoms with Gasteiger partial charge in [0.15, 0.2) is 0 Å². The van der Waals surface area contributed by atoms with Crippen LogP contribution < -0.4 is 0 Å². The highest BCUT2D eigenvalue weighted by Gasteiger charge is 2.28. The number of rotatable bonds is 2. The molecule has 0 aliphatic rings. The maximum Gasteiger partial charge on any atom is 0.395 e. The summed E-state index contributed by atoms with van der Waals surface area (Å²) in [5.74, 6) is 0. The van der Waals surface area contributed by atoms with Crippen molar-refractivity contribution in [2.24, 2.45) is 0 Å². The fourth-order valence-electron chi connectivity index (χ4n) is 0.139. The van der Waals surface area contributed by atoms with Gasteiger partial charge in [-0.05, 0) is 0 Å². The topological polar surface area (TPSA) is 115 Å². The van der Waals surface area contributed by atoms with E-state index in [4.69, 9.17) is 19.6 Å². The van der Waals surface area contributed by atoms with Crippen LogP contribution in [0.15, 0.2) is 0 Å². The molecule has 0 aromatic heterocycles. The Labute approximate surface area is 54.1 Å². The molecule has 0 atom stereocenters. The first kappa shape index (κ1) is 9.65. The summed E-state index contributed by atoms with van der Waals surface area (Å²) < 4.78 is 19.6. The van der Waals surface area contributed by atoms with E-state index in [-0.39, 0.29) is 0 Å². The molecule has 0 heterocycles. The first-order valence-electron chi connectivity index (χ1n) is 1.53. The molecule has 0 unspecified atom stereocenters. The van der Waals surface area contributed by atoms with E-state index in [0.717, 1.165) is 0 Å². The van der Waals surface area contributed by atoms with E-state index in [1.54, 1.807) is 0 Å². The van der Waals surface area contributed by atoms with Crippen molar-refractivity contribution in [1.82, 2.24) is 0 Å². The molecular formula is H4O6P2S. The van der Waals surface area contributed by atoms with Gasteiger partial charge in [0.2, 0.25) is 0 Å². The average molecular weight is 194 g/mol. The van der Waals surface area contributed by atoms with Crippen LogP contribution in [0.1, 0.15) is 0 Å². The van der Waals surface area contributed by atoms with Crippen molar-refractivity contribution in [3.05, 3.63) is 0 Å². The Kier molecular flexibility index (Phi) is 2.91. The maximum atomic E-state index is 9.81. The van der Waals surface area contributed by atoms with Crippen molar-refractivity contribution in [3.8, 4) is 0 Å². The zero-order valence-electron chi connectivity index (χ0n) is 3.91. The van der Waals surface area contributed by atoms with Crippen LogP contribution in [0.2, 0.25) is 0 Å². The van der Waals surface area contributed by atoms with Crippen LogP contribution in [0.3, 0.4) is 0 Å². The third kappa shape index (κ3) is 8.65. The van der Waals surface area contributed by atoms with Crippen molar-refractivity contribution in [1.29, 1.82) is 0 Å². The molecule has 0 saturated carbocycles. The quantitative estimate of drug-likeness (QED) is 0.453. The van der Waals surface area contributed by atoms with Crippen LogP contribution in [-0.2, 0) is 9.13 Å². The minimum atomic E-state index is -4.63. The highest BCUT2D eigenvalue weighted by molar-refractivity contribution is 8.84. The summed E-state index contributed by atoms with van der Waals surface area (Å²) in [7, 11) is 0. The average Bonchev–Trinajstić information content (AvgIpc) is 1.14. The molecular weight excluding hydrogens is 190 g/mol. The van der Waals surface area contributed by atoms with Crippen LogP contribution in [0.5, 0.6) is 0 Å². The molecule has 0 saturated heterocycles. The van der Waals surface area contributed by atoms with Gasteiger partial charge in [0, 0.05) is 0 Å². The summed E-state index contributed by atoms with van der Waals surface area (Å²) in [6.45, 7) is -9.27. The Bertz CT molecular complexity index is 151. The highest BCUT2D eigenvalue weighted by Crippen LogP contribution is 2.69. The van der Waals surface area contributed by atoms with Gasteiger partial charge in [-0.15, -0.1) is 0 Å².